The number of aliphatic hydroxyl groups is 1. The molecule has 0 unspecified atom stereocenters. The molecule has 116 valence electrons. The highest BCUT2D eigenvalue weighted by molar-refractivity contribution is 5.70. The van der Waals surface area contributed by atoms with Crippen LogP contribution in [0.3, 0.4) is 0 Å². The normalized spacial score (nSPS) is 10.7. The number of benzene rings is 3. The minimum Gasteiger partial charge on any atom is -0.396 e. The second-order valence-electron chi connectivity index (χ2n) is 5.82. The van der Waals surface area contributed by atoms with Gasteiger partial charge in [-0.15, -0.1) is 0 Å². The Hall–Kier alpha value is -2.38. The summed E-state index contributed by atoms with van der Waals surface area (Å²) >= 11 is 0. The Balaban J connectivity index is 1.72. The van der Waals surface area contributed by atoms with E-state index in [1.165, 1.54) is 27.8 Å². The molecule has 0 radical (unpaired) electrons. The molecule has 1 N–H and O–H groups in total. The van der Waals surface area contributed by atoms with Crippen molar-refractivity contribution in [3.8, 4) is 22.3 Å². The maximum Gasteiger partial charge on any atom is 0.0431 e. The van der Waals surface area contributed by atoms with Crippen LogP contribution in [-0.2, 0) is 6.42 Å². The molecule has 0 heterocycles. The molecule has 0 fully saturated rings. The van der Waals surface area contributed by atoms with Gasteiger partial charge in [-0.05, 0) is 47.1 Å². The summed E-state index contributed by atoms with van der Waals surface area (Å²) in [7, 11) is 0. The maximum atomic E-state index is 8.84. The Bertz CT molecular complexity index is 712. The quantitative estimate of drug-likeness (QED) is 0.610. The first kappa shape index (κ1) is 15.5. The molecule has 0 aromatic heterocycles. The lowest BCUT2D eigenvalue weighted by atomic mass is 9.99. The van der Waals surface area contributed by atoms with Gasteiger partial charge in [0.25, 0.3) is 0 Å². The number of aliphatic hydroxyl groups excluding tert-OH is 1. The average Bonchev–Trinajstić information content (AvgIpc) is 2.63. The molecule has 1 heteroatoms. The number of hydrogen-bond acceptors (Lipinski definition) is 1. The molecule has 3 rings (SSSR count). The van der Waals surface area contributed by atoms with Crippen LogP contribution in [0.5, 0.6) is 0 Å². The Morgan fingerprint density at radius 2 is 1.00 bits per heavy atom. The van der Waals surface area contributed by atoms with E-state index in [1.54, 1.807) is 0 Å². The van der Waals surface area contributed by atoms with Crippen LogP contribution in [-0.4, -0.2) is 11.7 Å². The van der Waals surface area contributed by atoms with Crippen molar-refractivity contribution in [3.63, 3.8) is 0 Å². The molecule has 0 aliphatic carbocycles. The molecule has 23 heavy (non-hydrogen) atoms. The third-order valence-electron chi connectivity index (χ3n) is 4.15. The molecule has 3 aromatic rings. The first-order valence-electron chi connectivity index (χ1n) is 8.22. The van der Waals surface area contributed by atoms with Gasteiger partial charge in [-0.1, -0.05) is 78.9 Å². The molecule has 0 atom stereocenters. The van der Waals surface area contributed by atoms with E-state index in [2.05, 4.69) is 72.8 Å². The van der Waals surface area contributed by atoms with E-state index >= 15 is 0 Å². The summed E-state index contributed by atoms with van der Waals surface area (Å²) in [4.78, 5) is 0. The van der Waals surface area contributed by atoms with Gasteiger partial charge >= 0.3 is 0 Å². The van der Waals surface area contributed by atoms with Crippen molar-refractivity contribution in [1.29, 1.82) is 0 Å². The van der Waals surface area contributed by atoms with Crippen LogP contribution in [0.4, 0.5) is 0 Å². The Kier molecular flexibility index (Phi) is 5.23. The fourth-order valence-corrected chi connectivity index (χ4v) is 2.79. The van der Waals surface area contributed by atoms with Gasteiger partial charge in [0.05, 0.1) is 0 Å². The molecule has 0 amide bonds. The molecule has 3 aromatic carbocycles. The van der Waals surface area contributed by atoms with Gasteiger partial charge in [0.2, 0.25) is 0 Å². The zero-order chi connectivity index (χ0) is 15.9. The molecule has 0 aliphatic rings. The summed E-state index contributed by atoms with van der Waals surface area (Å²) in [5, 5.41) is 8.84. The van der Waals surface area contributed by atoms with E-state index in [4.69, 9.17) is 5.11 Å². The first-order chi connectivity index (χ1) is 11.4. The minimum atomic E-state index is 0.284. The van der Waals surface area contributed by atoms with Crippen LogP contribution < -0.4 is 0 Å². The molecule has 0 saturated heterocycles. The fourth-order valence-electron chi connectivity index (χ4n) is 2.79. The smallest absolute Gasteiger partial charge is 0.0431 e. The molecule has 0 saturated carbocycles. The van der Waals surface area contributed by atoms with E-state index in [-0.39, 0.29) is 6.61 Å². The summed E-state index contributed by atoms with van der Waals surface area (Å²) in [6.07, 6.45) is 2.96. The minimum absolute atomic E-state index is 0.284. The highest BCUT2D eigenvalue weighted by Gasteiger charge is 2.01. The van der Waals surface area contributed by atoms with Gasteiger partial charge in [0, 0.05) is 6.61 Å². The van der Waals surface area contributed by atoms with E-state index in [0.29, 0.717) is 0 Å². The van der Waals surface area contributed by atoms with Gasteiger partial charge < -0.3 is 5.11 Å². The van der Waals surface area contributed by atoms with Crippen molar-refractivity contribution in [3.05, 3.63) is 84.4 Å². The highest BCUT2D eigenvalue weighted by atomic mass is 16.2. The zero-order valence-electron chi connectivity index (χ0n) is 13.3. The third-order valence-corrected chi connectivity index (χ3v) is 4.15. The van der Waals surface area contributed by atoms with Gasteiger partial charge in [-0.3, -0.25) is 0 Å². The number of hydrogen-bond donors (Lipinski definition) is 1. The molecule has 1 nitrogen and oxygen atoms in total. The van der Waals surface area contributed by atoms with E-state index in [1.807, 2.05) is 6.07 Å². The monoisotopic (exact) mass is 302 g/mol. The Morgan fingerprint density at radius 1 is 0.522 bits per heavy atom. The summed E-state index contributed by atoms with van der Waals surface area (Å²) < 4.78 is 0. The molecular weight excluding hydrogens is 280 g/mol. The van der Waals surface area contributed by atoms with E-state index in [0.717, 1.165) is 19.3 Å². The fraction of sp³-hybridized carbons (Fsp3) is 0.182. The second-order valence-corrected chi connectivity index (χ2v) is 5.82. The van der Waals surface area contributed by atoms with Gasteiger partial charge in [-0.25, -0.2) is 0 Å². The van der Waals surface area contributed by atoms with Crippen molar-refractivity contribution in [2.75, 3.05) is 6.61 Å². The van der Waals surface area contributed by atoms with Crippen LogP contribution in [0.15, 0.2) is 78.9 Å². The van der Waals surface area contributed by atoms with Crippen LogP contribution >= 0.6 is 0 Å². The topological polar surface area (TPSA) is 20.2 Å². The first-order valence-corrected chi connectivity index (χ1v) is 8.22. The van der Waals surface area contributed by atoms with Crippen LogP contribution in [0, 0.1) is 0 Å². The standard InChI is InChI=1S/C22H22O/c23-17-5-4-6-18-9-11-20(12-10-18)22-15-13-21(14-16-22)19-7-2-1-3-8-19/h1-3,7-16,23H,4-6,17H2. The van der Waals surface area contributed by atoms with Crippen molar-refractivity contribution in [2.45, 2.75) is 19.3 Å². The molecule has 0 aliphatic heterocycles. The van der Waals surface area contributed by atoms with Gasteiger partial charge in [0.15, 0.2) is 0 Å². The zero-order valence-corrected chi connectivity index (χ0v) is 13.3. The lowest BCUT2D eigenvalue weighted by Gasteiger charge is -2.06. The number of unbranched alkanes of at least 4 members (excludes halogenated alkanes) is 1. The summed E-state index contributed by atoms with van der Waals surface area (Å²) in [6, 6.07) is 27.9. The molecule has 0 spiro atoms. The van der Waals surface area contributed by atoms with E-state index < -0.39 is 0 Å². The maximum absolute atomic E-state index is 8.84. The molecule has 0 bridgehead atoms. The largest absolute Gasteiger partial charge is 0.396 e. The summed E-state index contributed by atoms with van der Waals surface area (Å²) in [6.45, 7) is 0.284. The van der Waals surface area contributed by atoms with Crippen LogP contribution in [0.1, 0.15) is 18.4 Å². The summed E-state index contributed by atoms with van der Waals surface area (Å²) in [5.41, 5.74) is 6.32. The lowest BCUT2D eigenvalue weighted by molar-refractivity contribution is 0.284. The van der Waals surface area contributed by atoms with Crippen molar-refractivity contribution >= 4 is 0 Å². The second kappa shape index (κ2) is 7.75. The van der Waals surface area contributed by atoms with Crippen LogP contribution in [0.25, 0.3) is 22.3 Å². The summed E-state index contributed by atoms with van der Waals surface area (Å²) in [5.74, 6) is 0. The number of rotatable bonds is 6. The predicted molar refractivity (Wildman–Crippen MR) is 97.3 cm³/mol. The predicted octanol–water partition coefficient (Wildman–Crippen LogP) is 5.34. The Morgan fingerprint density at radius 3 is 1.52 bits per heavy atom. The lowest BCUT2D eigenvalue weighted by Crippen LogP contribution is -1.88. The van der Waals surface area contributed by atoms with Crippen molar-refractivity contribution < 1.29 is 5.11 Å². The van der Waals surface area contributed by atoms with Gasteiger partial charge in [-0.2, -0.15) is 0 Å². The van der Waals surface area contributed by atoms with Gasteiger partial charge in [0.1, 0.15) is 0 Å². The SMILES string of the molecule is OCCCCc1ccc(-c2ccc(-c3ccccc3)cc2)cc1. The van der Waals surface area contributed by atoms with Crippen molar-refractivity contribution in [1.82, 2.24) is 0 Å². The highest BCUT2D eigenvalue weighted by Crippen LogP contribution is 2.25. The average molecular weight is 302 g/mol. The van der Waals surface area contributed by atoms with Crippen molar-refractivity contribution in [2.24, 2.45) is 0 Å². The third kappa shape index (κ3) is 4.08. The Labute approximate surface area is 138 Å². The van der Waals surface area contributed by atoms with Crippen LogP contribution in [0.2, 0.25) is 0 Å². The number of aryl methyl sites for hydroxylation is 1. The van der Waals surface area contributed by atoms with E-state index in [9.17, 15) is 0 Å². The molecular formula is C22H22O.